The lowest BCUT2D eigenvalue weighted by molar-refractivity contribution is 0.0893. The van der Waals surface area contributed by atoms with Crippen LogP contribution in [0.25, 0.3) is 0 Å². The number of aliphatic hydroxyl groups is 1. The van der Waals surface area contributed by atoms with Crippen LogP contribution in [0.15, 0.2) is 18.5 Å². The molecule has 3 atom stereocenters. The van der Waals surface area contributed by atoms with Crippen LogP contribution in [0.3, 0.4) is 0 Å². The van der Waals surface area contributed by atoms with E-state index in [2.05, 4.69) is 11.9 Å². The molecule has 1 heterocycles. The molecule has 0 aliphatic heterocycles. The maximum atomic E-state index is 13.2. The van der Waals surface area contributed by atoms with Crippen molar-refractivity contribution in [2.45, 2.75) is 58.0 Å². The van der Waals surface area contributed by atoms with Crippen molar-refractivity contribution in [3.63, 3.8) is 0 Å². The maximum absolute atomic E-state index is 13.2. The normalized spacial score (nSPS) is 25.8. The molecule has 0 spiro atoms. The van der Waals surface area contributed by atoms with Crippen molar-refractivity contribution in [3.8, 4) is 0 Å². The smallest absolute Gasteiger partial charge is 0.141 e. The first-order valence-electron chi connectivity index (χ1n) is 7.49. The van der Waals surface area contributed by atoms with Crippen LogP contribution >= 0.6 is 0 Å². The van der Waals surface area contributed by atoms with Crippen molar-refractivity contribution in [2.75, 3.05) is 0 Å². The van der Waals surface area contributed by atoms with E-state index in [1.807, 2.05) is 0 Å². The Morgan fingerprint density at radius 2 is 2.16 bits per heavy atom. The highest BCUT2D eigenvalue weighted by molar-refractivity contribution is 5.14. The van der Waals surface area contributed by atoms with Crippen molar-refractivity contribution < 1.29 is 9.50 Å². The van der Waals surface area contributed by atoms with E-state index in [9.17, 15) is 9.50 Å². The molecule has 106 valence electrons. The summed E-state index contributed by atoms with van der Waals surface area (Å²) >= 11 is 0. The molecular weight excluding hydrogens is 241 g/mol. The summed E-state index contributed by atoms with van der Waals surface area (Å²) < 4.78 is 13.2. The fourth-order valence-electron chi connectivity index (χ4n) is 3.32. The van der Waals surface area contributed by atoms with E-state index in [0.717, 1.165) is 12.8 Å². The summed E-state index contributed by atoms with van der Waals surface area (Å²) in [6.45, 7) is 2.22. The number of nitrogens with zero attached hydrogens (tertiary/aromatic N) is 1. The Balaban J connectivity index is 2.06. The van der Waals surface area contributed by atoms with Crippen LogP contribution in [0.1, 0.15) is 63.5 Å². The molecule has 0 aromatic carbocycles. The number of aromatic nitrogens is 1. The highest BCUT2D eigenvalue weighted by atomic mass is 19.1. The van der Waals surface area contributed by atoms with E-state index in [1.54, 1.807) is 6.20 Å². The predicted molar refractivity (Wildman–Crippen MR) is 74.1 cm³/mol. The van der Waals surface area contributed by atoms with Gasteiger partial charge in [-0.1, -0.05) is 39.0 Å². The molecule has 1 aromatic heterocycles. The average molecular weight is 265 g/mol. The van der Waals surface area contributed by atoms with E-state index in [4.69, 9.17) is 0 Å². The van der Waals surface area contributed by atoms with Crippen LogP contribution in [0.4, 0.5) is 4.39 Å². The molecule has 0 bridgehead atoms. The zero-order chi connectivity index (χ0) is 13.7. The van der Waals surface area contributed by atoms with Gasteiger partial charge >= 0.3 is 0 Å². The summed E-state index contributed by atoms with van der Waals surface area (Å²) in [6, 6.07) is 1.41. The molecule has 2 rings (SSSR count). The molecule has 3 heteroatoms. The molecule has 1 aliphatic rings. The minimum atomic E-state index is -0.569. The third-order valence-corrected chi connectivity index (χ3v) is 4.28. The molecule has 1 fully saturated rings. The number of aliphatic hydroxyl groups excluding tert-OH is 1. The second kappa shape index (κ2) is 6.99. The third kappa shape index (κ3) is 4.00. The zero-order valence-corrected chi connectivity index (χ0v) is 11.7. The molecule has 0 unspecified atom stereocenters. The summed E-state index contributed by atoms with van der Waals surface area (Å²) in [4.78, 5) is 3.84. The fourth-order valence-corrected chi connectivity index (χ4v) is 3.32. The number of hydrogen-bond acceptors (Lipinski definition) is 2. The standard InChI is InChI=1S/C16H24FNO/c1-2-5-12-6-3-4-7-13(8-12)16(19)14-9-15(17)11-18-10-14/h9-13,16,19H,2-8H2,1H3/t12-,13+,16+/m0/s1. The van der Waals surface area contributed by atoms with E-state index in [0.29, 0.717) is 11.5 Å². The molecule has 1 aliphatic carbocycles. The Labute approximate surface area is 115 Å². The zero-order valence-electron chi connectivity index (χ0n) is 11.7. The number of pyridine rings is 1. The van der Waals surface area contributed by atoms with Gasteiger partial charge in [0.1, 0.15) is 5.82 Å². The topological polar surface area (TPSA) is 33.1 Å². The quantitative estimate of drug-likeness (QED) is 0.825. The largest absolute Gasteiger partial charge is 0.388 e. The van der Waals surface area contributed by atoms with Crippen LogP contribution in [0.5, 0.6) is 0 Å². The van der Waals surface area contributed by atoms with Gasteiger partial charge in [0.15, 0.2) is 0 Å². The van der Waals surface area contributed by atoms with Gasteiger partial charge in [-0.2, -0.15) is 0 Å². The van der Waals surface area contributed by atoms with Crippen molar-refractivity contribution in [2.24, 2.45) is 11.8 Å². The molecule has 1 N–H and O–H groups in total. The van der Waals surface area contributed by atoms with E-state index < -0.39 is 6.10 Å². The second-order valence-electron chi connectivity index (χ2n) is 5.82. The molecule has 19 heavy (non-hydrogen) atoms. The SMILES string of the molecule is CCC[C@H]1CCCC[C@@H]([C@@H](O)c2cncc(F)c2)C1. The first kappa shape index (κ1) is 14.4. The first-order valence-corrected chi connectivity index (χ1v) is 7.49. The number of rotatable bonds is 4. The number of hydrogen-bond donors (Lipinski definition) is 1. The van der Waals surface area contributed by atoms with Crippen molar-refractivity contribution in [3.05, 3.63) is 29.8 Å². The van der Waals surface area contributed by atoms with Crippen LogP contribution in [0, 0.1) is 17.7 Å². The molecular formula is C16H24FNO. The summed E-state index contributed by atoms with van der Waals surface area (Å²) in [5.74, 6) is 0.603. The Morgan fingerprint density at radius 3 is 2.89 bits per heavy atom. The van der Waals surface area contributed by atoms with E-state index in [1.165, 1.54) is 44.4 Å². The van der Waals surface area contributed by atoms with Gasteiger partial charge in [-0.3, -0.25) is 4.98 Å². The Hall–Kier alpha value is -0.960. The van der Waals surface area contributed by atoms with Crippen LogP contribution in [-0.2, 0) is 0 Å². The van der Waals surface area contributed by atoms with Crippen LogP contribution < -0.4 is 0 Å². The lowest BCUT2D eigenvalue weighted by atomic mass is 9.85. The van der Waals surface area contributed by atoms with E-state index in [-0.39, 0.29) is 11.7 Å². The van der Waals surface area contributed by atoms with Crippen molar-refractivity contribution in [1.29, 1.82) is 0 Å². The third-order valence-electron chi connectivity index (χ3n) is 4.28. The molecule has 0 radical (unpaired) electrons. The molecule has 2 nitrogen and oxygen atoms in total. The highest BCUT2D eigenvalue weighted by Gasteiger charge is 2.26. The van der Waals surface area contributed by atoms with E-state index >= 15 is 0 Å². The second-order valence-corrected chi connectivity index (χ2v) is 5.82. The van der Waals surface area contributed by atoms with Gasteiger partial charge in [0, 0.05) is 11.8 Å². The molecule has 1 saturated carbocycles. The Kier molecular flexibility index (Phi) is 5.32. The lowest BCUT2D eigenvalue weighted by Gasteiger charge is -2.24. The minimum Gasteiger partial charge on any atom is -0.388 e. The monoisotopic (exact) mass is 265 g/mol. The fraction of sp³-hybridized carbons (Fsp3) is 0.688. The Bertz CT molecular complexity index is 396. The van der Waals surface area contributed by atoms with Gasteiger partial charge in [-0.15, -0.1) is 0 Å². The minimum absolute atomic E-state index is 0.252. The lowest BCUT2D eigenvalue weighted by Crippen LogP contribution is -2.15. The Morgan fingerprint density at radius 1 is 1.37 bits per heavy atom. The van der Waals surface area contributed by atoms with Gasteiger partial charge in [0.25, 0.3) is 0 Å². The molecule has 0 amide bonds. The highest BCUT2D eigenvalue weighted by Crippen LogP contribution is 2.37. The summed E-state index contributed by atoms with van der Waals surface area (Å²) in [7, 11) is 0. The van der Waals surface area contributed by atoms with Crippen LogP contribution in [0.2, 0.25) is 0 Å². The van der Waals surface area contributed by atoms with Gasteiger partial charge in [0.2, 0.25) is 0 Å². The van der Waals surface area contributed by atoms with Crippen LogP contribution in [-0.4, -0.2) is 10.1 Å². The van der Waals surface area contributed by atoms with Crippen molar-refractivity contribution in [1.82, 2.24) is 4.98 Å². The van der Waals surface area contributed by atoms with Gasteiger partial charge in [0.05, 0.1) is 12.3 Å². The summed E-state index contributed by atoms with van der Waals surface area (Å²) in [6.07, 6.45) is 10.5. The summed E-state index contributed by atoms with van der Waals surface area (Å²) in [5.41, 5.74) is 0.627. The first-order chi connectivity index (χ1) is 9.20. The predicted octanol–water partition coefficient (Wildman–Crippen LogP) is 4.25. The number of halogens is 1. The molecule has 0 saturated heterocycles. The van der Waals surface area contributed by atoms with Gasteiger partial charge < -0.3 is 5.11 Å². The maximum Gasteiger partial charge on any atom is 0.141 e. The van der Waals surface area contributed by atoms with Crippen molar-refractivity contribution >= 4 is 0 Å². The molecule has 1 aromatic rings. The van der Waals surface area contributed by atoms with Gasteiger partial charge in [-0.05, 0) is 30.7 Å². The average Bonchev–Trinajstić information content (AvgIpc) is 2.64. The van der Waals surface area contributed by atoms with Gasteiger partial charge in [-0.25, -0.2) is 4.39 Å². The summed E-state index contributed by atoms with van der Waals surface area (Å²) in [5, 5.41) is 10.5.